The van der Waals surface area contributed by atoms with Gasteiger partial charge in [-0.25, -0.2) is 0 Å². The van der Waals surface area contributed by atoms with E-state index in [-0.39, 0.29) is 0 Å². The zero-order chi connectivity index (χ0) is 44.9. The number of hydrogen-bond acceptors (Lipinski definition) is 8. The van der Waals surface area contributed by atoms with Crippen LogP contribution in [-0.4, -0.2) is 43.9 Å². The molecule has 5 heterocycles. The molecule has 6 aromatic carbocycles. The van der Waals surface area contributed by atoms with Crippen LogP contribution in [0.15, 0.2) is 136 Å². The average Bonchev–Trinajstić information content (AvgIpc) is 3.32. The van der Waals surface area contributed by atoms with E-state index in [1.807, 2.05) is 108 Å². The lowest BCUT2D eigenvalue weighted by Crippen LogP contribution is -2.62. The molecule has 2 spiro atoms. The molecule has 11 rings (SSSR count). The van der Waals surface area contributed by atoms with Crippen molar-refractivity contribution in [2.45, 2.75) is 99.1 Å². The van der Waals surface area contributed by atoms with Crippen molar-refractivity contribution >= 4 is 34.1 Å². The van der Waals surface area contributed by atoms with Crippen molar-refractivity contribution in [1.29, 1.82) is 0 Å². The van der Waals surface area contributed by atoms with Crippen LogP contribution in [0.1, 0.15) is 77.5 Å². The fourth-order valence-electron chi connectivity index (χ4n) is 9.32. The molecule has 0 N–H and O–H groups in total. The Hall–Kier alpha value is -7.08. The van der Waals surface area contributed by atoms with Crippen molar-refractivity contribution < 1.29 is 37.7 Å². The Kier molecular flexibility index (Phi) is 10.8. The summed E-state index contributed by atoms with van der Waals surface area (Å²) < 4.78 is 34.6. The molecule has 0 aromatic heterocycles. The van der Waals surface area contributed by atoms with Gasteiger partial charge in [0.2, 0.25) is 11.4 Å². The second-order valence-corrected chi connectivity index (χ2v) is 17.8. The van der Waals surface area contributed by atoms with Gasteiger partial charge in [-0.2, -0.15) is 0 Å². The van der Waals surface area contributed by atoms with Gasteiger partial charge in [0.1, 0.15) is 0 Å². The van der Waals surface area contributed by atoms with Gasteiger partial charge in [-0.15, -0.1) is 0 Å². The number of ether oxygens (including phenoxy) is 4. The minimum absolute atomic E-state index is 0.627. The molecule has 0 amide bonds. The van der Waals surface area contributed by atoms with Gasteiger partial charge < -0.3 is 18.9 Å². The van der Waals surface area contributed by atoms with Crippen molar-refractivity contribution in [1.82, 2.24) is 0 Å². The highest BCUT2D eigenvalue weighted by Crippen LogP contribution is 2.49. The SMILES string of the molecule is Cc1cc(C)c2c(c1)N=[N+]1CCCCCCCC[N+]3=Nc4cc(C)cc(C)c4OC13O2.Cc1ccc2c(c1)N=[N+](c1ccccc1)[C@]1(O2)Oc2c(C)cc(C)cc2N=[N+]1c1ccccc1. The molecule has 5 aliphatic rings. The fraction of sp³-hybridized carbons (Fsp3) is 0.321. The van der Waals surface area contributed by atoms with Gasteiger partial charge in [-0.05, 0) is 131 Å². The first kappa shape index (κ1) is 41.9. The van der Waals surface area contributed by atoms with Crippen LogP contribution in [0.3, 0.4) is 0 Å². The lowest BCUT2D eigenvalue weighted by Gasteiger charge is -2.29. The molecule has 65 heavy (non-hydrogen) atoms. The monoisotopic (exact) mass is 868 g/mol. The first-order chi connectivity index (χ1) is 31.5. The number of nitrogens with zero attached hydrogens (tertiary/aromatic N) is 8. The molecule has 0 aliphatic carbocycles. The molecule has 6 aromatic rings. The van der Waals surface area contributed by atoms with Crippen LogP contribution in [0.4, 0.5) is 34.1 Å². The molecule has 0 bridgehead atoms. The van der Waals surface area contributed by atoms with E-state index in [0.29, 0.717) is 11.5 Å². The summed E-state index contributed by atoms with van der Waals surface area (Å²) in [4.78, 5) is 0. The number of aryl methyl sites for hydroxylation is 7. The van der Waals surface area contributed by atoms with E-state index in [4.69, 9.17) is 39.4 Å². The standard InChI is InChI=1S/C28H24N4O2.C25H32N4O2/c1-19-14-15-26-24(17-19)29-31(22-10-6-4-7-11-22)28(33-26)32(23-12-8-5-9-13-23)30-25-18-20(2)16-21(3)27(25)34-28;1-17-13-19(3)23-21(15-17)26-28-11-9-7-5-6-8-10-12-29-25(28,30-23)31-24-20(4)14-18(2)16-22(24)27-29/h4-18H,1-3H3;13-16H,5-12H2,1-4H3/q2*+2/t28-;/m0./s1. The maximum absolute atomic E-state index is 6.81. The zero-order valence-electron chi connectivity index (χ0n) is 38.3. The molecule has 0 radical (unpaired) electrons. The first-order valence-electron chi connectivity index (χ1n) is 22.8. The number of para-hydroxylation sites is 2. The summed E-state index contributed by atoms with van der Waals surface area (Å²) in [6.07, 6.45) is 6.99. The minimum atomic E-state index is -1.50. The Morgan fingerprint density at radius 2 is 0.785 bits per heavy atom. The van der Waals surface area contributed by atoms with Gasteiger partial charge >= 0.3 is 12.1 Å². The number of fused-ring (bicyclic) bond motifs is 4. The lowest BCUT2D eigenvalue weighted by atomic mass is 10.1. The summed E-state index contributed by atoms with van der Waals surface area (Å²) in [6.45, 7) is 16.0. The number of azo groups is 8. The summed E-state index contributed by atoms with van der Waals surface area (Å²) >= 11 is 0. The maximum atomic E-state index is 6.81. The molecule has 0 unspecified atom stereocenters. The molecule has 328 valence electrons. The van der Waals surface area contributed by atoms with E-state index in [1.54, 1.807) is 9.39 Å². The molecule has 0 saturated carbocycles. The van der Waals surface area contributed by atoms with Crippen molar-refractivity contribution in [3.05, 3.63) is 154 Å². The van der Waals surface area contributed by atoms with E-state index in [1.165, 1.54) is 36.8 Å². The van der Waals surface area contributed by atoms with Crippen molar-refractivity contribution in [2.75, 3.05) is 13.1 Å². The van der Waals surface area contributed by atoms with Crippen molar-refractivity contribution in [3.63, 3.8) is 0 Å². The largest absolute Gasteiger partial charge is 0.762 e. The molecule has 12 nitrogen and oxygen atoms in total. The van der Waals surface area contributed by atoms with E-state index >= 15 is 0 Å². The van der Waals surface area contributed by atoms with E-state index < -0.39 is 12.1 Å². The minimum Gasteiger partial charge on any atom is -0.335 e. The van der Waals surface area contributed by atoms with Crippen LogP contribution in [-0.2, 0) is 0 Å². The predicted molar refractivity (Wildman–Crippen MR) is 246 cm³/mol. The lowest BCUT2D eigenvalue weighted by molar-refractivity contribution is -0.954. The van der Waals surface area contributed by atoms with E-state index in [9.17, 15) is 0 Å². The van der Waals surface area contributed by atoms with Crippen LogP contribution in [0.5, 0.6) is 23.0 Å². The topological polar surface area (TPSA) is 98.4 Å². The van der Waals surface area contributed by atoms with Gasteiger partial charge in [0, 0.05) is 67.0 Å². The second kappa shape index (κ2) is 16.8. The van der Waals surface area contributed by atoms with Crippen molar-refractivity contribution in [3.8, 4) is 23.0 Å². The Morgan fingerprint density at radius 1 is 0.385 bits per heavy atom. The number of rotatable bonds is 2. The molecule has 1 saturated heterocycles. The van der Waals surface area contributed by atoms with Crippen LogP contribution < -0.4 is 18.9 Å². The molecular weight excluding hydrogens is 813 g/mol. The number of benzene rings is 6. The summed E-state index contributed by atoms with van der Waals surface area (Å²) in [7, 11) is 0. The van der Waals surface area contributed by atoms with E-state index in [0.717, 1.165) is 99.4 Å². The summed E-state index contributed by atoms with van der Waals surface area (Å²) in [5.74, 6) is 2.86. The highest BCUT2D eigenvalue weighted by molar-refractivity contribution is 5.61. The quantitative estimate of drug-likeness (QED) is 0.162. The summed E-state index contributed by atoms with van der Waals surface area (Å²) in [5, 5.41) is 20.2. The number of hydrogen-bond donors (Lipinski definition) is 0. The zero-order valence-corrected chi connectivity index (χ0v) is 38.3. The summed E-state index contributed by atoms with van der Waals surface area (Å²) in [6, 6.07) is 35.6. The second-order valence-electron chi connectivity index (χ2n) is 17.8. The molecular formula is C53H56N8O4+4. The Labute approximate surface area is 380 Å². The van der Waals surface area contributed by atoms with Gasteiger partial charge in [0.05, 0.1) is 9.39 Å². The van der Waals surface area contributed by atoms with E-state index in [2.05, 4.69) is 65.0 Å². The molecule has 12 heteroatoms. The summed E-state index contributed by atoms with van der Waals surface area (Å²) in [5.41, 5.74) is 12.5. The van der Waals surface area contributed by atoms with Crippen LogP contribution in [0, 0.1) is 48.5 Å². The highest BCUT2D eigenvalue weighted by atomic mass is 16.8. The fourth-order valence-corrected chi connectivity index (χ4v) is 9.32. The third-order valence-corrected chi connectivity index (χ3v) is 12.3. The Morgan fingerprint density at radius 3 is 1.26 bits per heavy atom. The van der Waals surface area contributed by atoms with Gasteiger partial charge in [0.15, 0.2) is 58.8 Å². The Bertz CT molecular complexity index is 2890. The average molecular weight is 869 g/mol. The maximum Gasteiger partial charge on any atom is 0.762 e. The third kappa shape index (κ3) is 7.74. The van der Waals surface area contributed by atoms with Crippen LogP contribution in [0.25, 0.3) is 0 Å². The Balaban J connectivity index is 0.000000154. The highest BCUT2D eigenvalue weighted by Gasteiger charge is 2.71. The molecule has 1 atom stereocenters. The molecule has 5 aliphatic heterocycles. The van der Waals surface area contributed by atoms with Crippen LogP contribution >= 0.6 is 0 Å². The van der Waals surface area contributed by atoms with Crippen molar-refractivity contribution in [2.24, 2.45) is 20.5 Å². The smallest absolute Gasteiger partial charge is 0.335 e. The normalized spacial score (nSPS) is 18.9. The predicted octanol–water partition coefficient (Wildman–Crippen LogP) is 14.1. The third-order valence-electron chi connectivity index (χ3n) is 12.3. The van der Waals surface area contributed by atoms with Gasteiger partial charge in [0.25, 0.3) is 0 Å². The van der Waals surface area contributed by atoms with Gasteiger partial charge in [-0.3, -0.25) is 0 Å². The van der Waals surface area contributed by atoms with Gasteiger partial charge in [-0.1, -0.05) is 73.5 Å². The van der Waals surface area contributed by atoms with Crippen LogP contribution in [0.2, 0.25) is 0 Å². The first-order valence-corrected chi connectivity index (χ1v) is 22.8. The molecule has 1 fully saturated rings.